The molecule has 0 fully saturated rings. The van der Waals surface area contributed by atoms with Gasteiger partial charge in [-0.15, -0.1) is 21.5 Å². The summed E-state index contributed by atoms with van der Waals surface area (Å²) in [4.78, 5) is 28.0. The maximum atomic E-state index is 13.8. The summed E-state index contributed by atoms with van der Waals surface area (Å²) >= 11 is 2.89. The summed E-state index contributed by atoms with van der Waals surface area (Å²) in [6, 6.07) is 26.6. The lowest BCUT2D eigenvalue weighted by atomic mass is 10.00. The largest absolute Gasteiger partial charge is 0.496 e. The Labute approximate surface area is 281 Å². The molecule has 0 bridgehead atoms. The van der Waals surface area contributed by atoms with E-state index in [1.54, 1.807) is 34.5 Å². The molecule has 0 saturated heterocycles. The number of carbonyl (C=O) groups excluding carboxylic acids is 2. The quantitative estimate of drug-likeness (QED) is 0.153. The number of hydrogen-bond donors (Lipinski definition) is 1. The lowest BCUT2D eigenvalue weighted by Crippen LogP contribution is -2.28. The van der Waals surface area contributed by atoms with Crippen LogP contribution in [0.3, 0.4) is 0 Å². The van der Waals surface area contributed by atoms with Crippen molar-refractivity contribution >= 4 is 40.6 Å². The van der Waals surface area contributed by atoms with E-state index < -0.39 is 0 Å². The van der Waals surface area contributed by atoms with E-state index in [-0.39, 0.29) is 30.2 Å². The van der Waals surface area contributed by atoms with Crippen molar-refractivity contribution < 1.29 is 19.1 Å². The number of amides is 2. The Hall–Kier alpha value is -4.94. The first-order valence-electron chi connectivity index (χ1n) is 15.2. The number of thioether (sulfide) groups is 1. The minimum atomic E-state index is -0.302. The molecule has 2 amide bonds. The van der Waals surface area contributed by atoms with Crippen molar-refractivity contribution in [3.63, 3.8) is 0 Å². The van der Waals surface area contributed by atoms with E-state index in [2.05, 4.69) is 39.8 Å². The maximum absolute atomic E-state index is 13.8. The van der Waals surface area contributed by atoms with Crippen LogP contribution in [0.2, 0.25) is 0 Å². The van der Waals surface area contributed by atoms with E-state index in [1.165, 1.54) is 18.9 Å². The van der Waals surface area contributed by atoms with Gasteiger partial charge in [-0.05, 0) is 67.3 Å². The van der Waals surface area contributed by atoms with Crippen LogP contribution in [0.25, 0.3) is 5.69 Å². The van der Waals surface area contributed by atoms with Gasteiger partial charge in [0.1, 0.15) is 11.5 Å². The molecule has 240 valence electrons. The van der Waals surface area contributed by atoms with Crippen LogP contribution in [0.15, 0.2) is 101 Å². The van der Waals surface area contributed by atoms with Gasteiger partial charge in [-0.1, -0.05) is 59.8 Å². The topological polar surface area (TPSA) is 111 Å². The summed E-state index contributed by atoms with van der Waals surface area (Å²) in [6.45, 7) is 4.62. The summed E-state index contributed by atoms with van der Waals surface area (Å²) in [5.41, 5.74) is 4.28. The van der Waals surface area contributed by atoms with Crippen LogP contribution < -0.4 is 14.8 Å². The highest BCUT2D eigenvalue weighted by Gasteiger charge is 2.33. The van der Waals surface area contributed by atoms with Gasteiger partial charge in [-0.3, -0.25) is 14.2 Å². The second kappa shape index (κ2) is 14.7. The molecule has 0 radical (unpaired) electrons. The lowest BCUT2D eigenvalue weighted by molar-refractivity contribution is -0.130. The van der Waals surface area contributed by atoms with Crippen molar-refractivity contribution in [2.24, 2.45) is 5.10 Å². The van der Waals surface area contributed by atoms with E-state index in [0.717, 1.165) is 33.2 Å². The fourth-order valence-electron chi connectivity index (χ4n) is 5.28. The van der Waals surface area contributed by atoms with Crippen LogP contribution in [0.4, 0.5) is 0 Å². The van der Waals surface area contributed by atoms with Crippen LogP contribution >= 0.6 is 23.1 Å². The summed E-state index contributed by atoms with van der Waals surface area (Å²) in [7, 11) is 1.53. The van der Waals surface area contributed by atoms with E-state index in [1.807, 2.05) is 66.3 Å². The van der Waals surface area contributed by atoms with Crippen LogP contribution in [-0.4, -0.2) is 56.8 Å². The second-order valence-electron chi connectivity index (χ2n) is 10.7. The van der Waals surface area contributed by atoms with Crippen molar-refractivity contribution in [1.29, 1.82) is 0 Å². The molecule has 3 aromatic carbocycles. The fraction of sp³-hybridized carbons (Fsp3) is 0.229. The Kier molecular flexibility index (Phi) is 9.98. The van der Waals surface area contributed by atoms with Gasteiger partial charge in [0.15, 0.2) is 11.0 Å². The number of hydrazone groups is 1. The minimum absolute atomic E-state index is 0.0896. The molecular weight excluding hydrogens is 633 g/mol. The van der Waals surface area contributed by atoms with Gasteiger partial charge in [0.25, 0.3) is 11.8 Å². The van der Waals surface area contributed by atoms with Crippen molar-refractivity contribution in [2.75, 3.05) is 19.5 Å². The number of nitrogens with one attached hydrogen (secondary N) is 1. The van der Waals surface area contributed by atoms with Gasteiger partial charge in [0.05, 0.1) is 48.2 Å². The third-order valence-corrected chi connectivity index (χ3v) is 9.46. The number of carbonyl (C=O) groups is 2. The van der Waals surface area contributed by atoms with E-state index in [4.69, 9.17) is 14.6 Å². The zero-order chi connectivity index (χ0) is 32.8. The summed E-state index contributed by atoms with van der Waals surface area (Å²) in [5.74, 6) is 1.36. The molecule has 6 rings (SSSR count). The molecular formula is C35H34N6O4S2. The molecule has 3 heterocycles. The summed E-state index contributed by atoms with van der Waals surface area (Å²) < 4.78 is 12.8. The van der Waals surface area contributed by atoms with Crippen molar-refractivity contribution in [1.82, 2.24) is 25.1 Å². The standard InChI is InChI=1S/C35H34N6O4S2/c1-4-45-26-17-15-25(16-18-26)40-32(21-36-34(43)27-8-5-6-9-30(27)44-3)37-38-35(40)47-22-33(42)41-29(24-13-11-23(2)12-14-24)20-28(39-41)31-10-7-19-46-31/h5-19,29H,4,20-22H2,1-3H3,(H,36,43). The number of rotatable bonds is 12. The van der Waals surface area contributed by atoms with Gasteiger partial charge in [0, 0.05) is 12.1 Å². The van der Waals surface area contributed by atoms with E-state index in [9.17, 15) is 9.59 Å². The van der Waals surface area contributed by atoms with Crippen LogP contribution in [0.5, 0.6) is 11.5 Å². The molecule has 0 saturated carbocycles. The minimum Gasteiger partial charge on any atom is -0.496 e. The van der Waals surface area contributed by atoms with Crippen LogP contribution in [0.1, 0.15) is 51.6 Å². The molecule has 5 aromatic rings. The number of aromatic nitrogens is 3. The third-order valence-electron chi connectivity index (χ3n) is 7.62. The number of ether oxygens (including phenoxy) is 2. The average molecular weight is 667 g/mol. The second-order valence-corrected chi connectivity index (χ2v) is 12.6. The Bertz CT molecular complexity index is 1870. The number of para-hydroxylation sites is 1. The summed E-state index contributed by atoms with van der Waals surface area (Å²) in [6.07, 6.45) is 0.637. The first-order chi connectivity index (χ1) is 22.9. The highest BCUT2D eigenvalue weighted by atomic mass is 32.2. The summed E-state index contributed by atoms with van der Waals surface area (Å²) in [5, 5.41) is 20.7. The zero-order valence-corrected chi connectivity index (χ0v) is 27.9. The third kappa shape index (κ3) is 7.23. The van der Waals surface area contributed by atoms with E-state index >= 15 is 0 Å². The van der Waals surface area contributed by atoms with Crippen molar-refractivity contribution in [3.8, 4) is 17.2 Å². The molecule has 0 spiro atoms. The number of benzene rings is 3. The molecule has 2 aromatic heterocycles. The van der Waals surface area contributed by atoms with Gasteiger partial charge in [-0.25, -0.2) is 5.01 Å². The number of thiophene rings is 1. The molecule has 1 N–H and O–H groups in total. The molecule has 12 heteroatoms. The normalized spacial score (nSPS) is 14.1. The van der Waals surface area contributed by atoms with Crippen LogP contribution in [0, 0.1) is 6.92 Å². The van der Waals surface area contributed by atoms with Crippen molar-refractivity contribution in [3.05, 3.63) is 118 Å². The van der Waals surface area contributed by atoms with Gasteiger partial charge >= 0.3 is 0 Å². The SMILES string of the molecule is CCOc1ccc(-n2c(CNC(=O)c3ccccc3OC)nnc2SCC(=O)N2N=C(c3cccs3)CC2c2ccc(C)cc2)cc1. The number of nitrogens with zero attached hydrogens (tertiary/aromatic N) is 5. The lowest BCUT2D eigenvalue weighted by Gasteiger charge is -2.22. The Morgan fingerprint density at radius 2 is 1.79 bits per heavy atom. The smallest absolute Gasteiger partial charge is 0.255 e. The molecule has 1 aliphatic heterocycles. The highest BCUT2D eigenvalue weighted by Crippen LogP contribution is 2.35. The first kappa shape index (κ1) is 32.0. The average Bonchev–Trinajstić information content (AvgIpc) is 3.87. The molecule has 47 heavy (non-hydrogen) atoms. The molecule has 0 aliphatic carbocycles. The Balaban J connectivity index is 1.25. The monoisotopic (exact) mass is 666 g/mol. The first-order valence-corrected chi connectivity index (χ1v) is 17.0. The van der Waals surface area contributed by atoms with Crippen LogP contribution in [-0.2, 0) is 11.3 Å². The number of hydrogen-bond acceptors (Lipinski definition) is 9. The fourth-order valence-corrected chi connectivity index (χ4v) is 6.83. The number of methoxy groups -OCH3 is 1. The van der Waals surface area contributed by atoms with Gasteiger partial charge in [-0.2, -0.15) is 5.10 Å². The highest BCUT2D eigenvalue weighted by molar-refractivity contribution is 7.99. The predicted molar refractivity (Wildman–Crippen MR) is 184 cm³/mol. The molecule has 10 nitrogen and oxygen atoms in total. The molecule has 1 unspecified atom stereocenters. The Morgan fingerprint density at radius 3 is 2.51 bits per heavy atom. The Morgan fingerprint density at radius 1 is 1.00 bits per heavy atom. The molecule has 1 aliphatic rings. The number of aryl methyl sites for hydroxylation is 1. The van der Waals surface area contributed by atoms with Crippen molar-refractivity contribution in [2.45, 2.75) is 38.0 Å². The zero-order valence-electron chi connectivity index (χ0n) is 26.3. The molecule has 1 atom stereocenters. The predicted octanol–water partition coefficient (Wildman–Crippen LogP) is 6.44. The van der Waals surface area contributed by atoms with Gasteiger partial charge < -0.3 is 14.8 Å². The van der Waals surface area contributed by atoms with E-state index in [0.29, 0.717) is 35.3 Å². The van der Waals surface area contributed by atoms with Gasteiger partial charge in [0.2, 0.25) is 0 Å². The maximum Gasteiger partial charge on any atom is 0.255 e.